The Morgan fingerprint density at radius 2 is 1.88 bits per heavy atom. The van der Waals surface area contributed by atoms with E-state index >= 15 is 0 Å². The van der Waals surface area contributed by atoms with E-state index in [1.54, 1.807) is 24.3 Å². The van der Waals surface area contributed by atoms with Crippen molar-refractivity contribution in [2.75, 3.05) is 24.5 Å². The van der Waals surface area contributed by atoms with E-state index in [1.165, 1.54) is 35.6 Å². The minimum atomic E-state index is -0.297. The Kier molecular flexibility index (Phi) is 4.59. The van der Waals surface area contributed by atoms with Crippen LogP contribution in [0.2, 0.25) is 0 Å². The third kappa shape index (κ3) is 3.55. The van der Waals surface area contributed by atoms with Crippen LogP contribution in [-0.2, 0) is 0 Å². The van der Waals surface area contributed by atoms with Crippen molar-refractivity contribution in [3.05, 3.63) is 65.0 Å². The molecule has 134 valence electrons. The molecule has 1 N–H and O–H groups in total. The molecule has 3 aromatic rings. The molecule has 1 unspecified atom stereocenters. The molecule has 6 heteroatoms. The van der Waals surface area contributed by atoms with Gasteiger partial charge in [0.15, 0.2) is 0 Å². The summed E-state index contributed by atoms with van der Waals surface area (Å²) in [6.07, 6.45) is 0.981. The van der Waals surface area contributed by atoms with Crippen LogP contribution in [0.25, 0.3) is 10.1 Å². The van der Waals surface area contributed by atoms with Gasteiger partial charge in [-0.1, -0.05) is 0 Å². The molecule has 4 rings (SSSR count). The van der Waals surface area contributed by atoms with Gasteiger partial charge in [-0.15, -0.1) is 11.3 Å². The monoisotopic (exact) mass is 372 g/mol. The van der Waals surface area contributed by atoms with E-state index in [-0.39, 0.29) is 17.5 Å². The second-order valence-electron chi connectivity index (χ2n) is 6.58. The second-order valence-corrected chi connectivity index (χ2v) is 7.66. The first-order valence-corrected chi connectivity index (χ1v) is 9.38. The van der Waals surface area contributed by atoms with Crippen molar-refractivity contribution in [1.29, 1.82) is 0 Å². The first-order valence-electron chi connectivity index (χ1n) is 8.56. The summed E-state index contributed by atoms with van der Waals surface area (Å²) in [5.41, 5.74) is 1.01. The van der Waals surface area contributed by atoms with Gasteiger partial charge < -0.3 is 10.2 Å². The molecule has 0 saturated carbocycles. The molecule has 1 aliphatic rings. The largest absolute Gasteiger partial charge is 0.371 e. The van der Waals surface area contributed by atoms with Gasteiger partial charge in [-0.3, -0.25) is 4.79 Å². The summed E-state index contributed by atoms with van der Waals surface area (Å²) in [6.45, 7) is 2.33. The van der Waals surface area contributed by atoms with Crippen LogP contribution < -0.4 is 10.2 Å². The Balaban J connectivity index is 1.35. The highest BCUT2D eigenvalue weighted by Gasteiger charge is 2.23. The number of hydrogen-bond donors (Lipinski definition) is 1. The number of hydrogen-bond acceptors (Lipinski definition) is 3. The highest BCUT2D eigenvalue weighted by molar-refractivity contribution is 7.20. The minimum absolute atomic E-state index is 0.119. The molecule has 26 heavy (non-hydrogen) atoms. The summed E-state index contributed by atoms with van der Waals surface area (Å²) in [7, 11) is 0. The van der Waals surface area contributed by atoms with E-state index in [4.69, 9.17) is 0 Å². The molecular formula is C20H18F2N2OS. The summed E-state index contributed by atoms with van der Waals surface area (Å²) >= 11 is 1.37. The van der Waals surface area contributed by atoms with Gasteiger partial charge in [-0.05, 0) is 66.3 Å². The SMILES string of the molecule is O=C(NCC1CCN(c2ccc(F)cc2)C1)c1cc2cc(F)ccc2s1. The summed E-state index contributed by atoms with van der Waals surface area (Å²) in [5.74, 6) is -0.295. The number of amides is 1. The number of benzene rings is 2. The summed E-state index contributed by atoms with van der Waals surface area (Å²) < 4.78 is 27.2. The van der Waals surface area contributed by atoms with E-state index in [0.717, 1.165) is 35.3 Å². The fourth-order valence-corrected chi connectivity index (χ4v) is 4.30. The van der Waals surface area contributed by atoms with Crippen molar-refractivity contribution in [3.8, 4) is 0 Å². The molecule has 1 amide bonds. The first kappa shape index (κ1) is 17.0. The van der Waals surface area contributed by atoms with Crippen molar-refractivity contribution in [3.63, 3.8) is 0 Å². The predicted molar refractivity (Wildman–Crippen MR) is 101 cm³/mol. The van der Waals surface area contributed by atoms with E-state index in [1.807, 2.05) is 0 Å². The molecule has 1 aliphatic heterocycles. The minimum Gasteiger partial charge on any atom is -0.371 e. The van der Waals surface area contributed by atoms with Crippen molar-refractivity contribution in [1.82, 2.24) is 5.32 Å². The number of nitrogens with one attached hydrogen (secondary N) is 1. The zero-order valence-corrected chi connectivity index (χ0v) is 14.9. The van der Waals surface area contributed by atoms with Crippen LogP contribution in [0.15, 0.2) is 48.5 Å². The molecule has 1 saturated heterocycles. The van der Waals surface area contributed by atoms with Crippen LogP contribution in [0.4, 0.5) is 14.5 Å². The van der Waals surface area contributed by atoms with Crippen LogP contribution in [-0.4, -0.2) is 25.5 Å². The normalized spacial score (nSPS) is 17.0. The van der Waals surface area contributed by atoms with Gasteiger partial charge in [0.2, 0.25) is 0 Å². The molecule has 1 fully saturated rings. The summed E-state index contributed by atoms with van der Waals surface area (Å²) in [4.78, 5) is 15.2. The van der Waals surface area contributed by atoms with Gasteiger partial charge in [-0.2, -0.15) is 0 Å². The Hall–Kier alpha value is -2.47. The number of fused-ring (bicyclic) bond motifs is 1. The van der Waals surface area contributed by atoms with E-state index in [2.05, 4.69) is 10.2 Å². The van der Waals surface area contributed by atoms with Crippen molar-refractivity contribution in [2.24, 2.45) is 5.92 Å². The summed E-state index contributed by atoms with van der Waals surface area (Å²) in [6, 6.07) is 12.8. The summed E-state index contributed by atoms with van der Waals surface area (Å²) in [5, 5.41) is 3.74. The van der Waals surface area contributed by atoms with Crippen molar-refractivity contribution in [2.45, 2.75) is 6.42 Å². The molecule has 1 aromatic heterocycles. The molecular weight excluding hydrogens is 354 g/mol. The predicted octanol–water partition coefficient (Wildman–Crippen LogP) is 4.44. The Morgan fingerprint density at radius 3 is 2.69 bits per heavy atom. The smallest absolute Gasteiger partial charge is 0.261 e. The van der Waals surface area contributed by atoms with Gasteiger partial charge in [0, 0.05) is 30.0 Å². The van der Waals surface area contributed by atoms with E-state index in [9.17, 15) is 13.6 Å². The standard InChI is InChI=1S/C20H18F2N2OS/c21-15-1-4-17(5-2-15)24-8-7-13(12-24)11-23-20(25)19-10-14-9-16(22)3-6-18(14)26-19/h1-6,9-10,13H,7-8,11-12H2,(H,23,25). The number of rotatable bonds is 4. The molecule has 3 nitrogen and oxygen atoms in total. The van der Waals surface area contributed by atoms with Crippen LogP contribution >= 0.6 is 11.3 Å². The van der Waals surface area contributed by atoms with Gasteiger partial charge in [0.1, 0.15) is 11.6 Å². The van der Waals surface area contributed by atoms with Gasteiger partial charge in [0.05, 0.1) is 4.88 Å². The Morgan fingerprint density at radius 1 is 1.12 bits per heavy atom. The molecule has 0 spiro atoms. The lowest BCUT2D eigenvalue weighted by Crippen LogP contribution is -2.30. The third-order valence-corrected chi connectivity index (χ3v) is 5.85. The molecule has 2 aromatic carbocycles. The lowest BCUT2D eigenvalue weighted by Gasteiger charge is -2.18. The van der Waals surface area contributed by atoms with Gasteiger partial charge >= 0.3 is 0 Å². The number of thiophene rings is 1. The third-order valence-electron chi connectivity index (χ3n) is 4.73. The van der Waals surface area contributed by atoms with Crippen molar-refractivity contribution < 1.29 is 13.6 Å². The maximum Gasteiger partial charge on any atom is 0.261 e. The van der Waals surface area contributed by atoms with Crippen LogP contribution in [0, 0.1) is 17.6 Å². The van der Waals surface area contributed by atoms with E-state index < -0.39 is 0 Å². The maximum atomic E-state index is 13.3. The Labute approximate surface area is 154 Å². The molecule has 0 aliphatic carbocycles. The van der Waals surface area contributed by atoms with Gasteiger partial charge in [-0.25, -0.2) is 8.78 Å². The molecule has 2 heterocycles. The lowest BCUT2D eigenvalue weighted by molar-refractivity contribution is 0.0952. The number of carbonyl (C=O) groups is 1. The lowest BCUT2D eigenvalue weighted by atomic mass is 10.1. The highest BCUT2D eigenvalue weighted by Crippen LogP contribution is 2.27. The second kappa shape index (κ2) is 7.03. The van der Waals surface area contributed by atoms with Crippen molar-refractivity contribution >= 4 is 33.0 Å². The average molecular weight is 372 g/mol. The number of nitrogens with zero attached hydrogens (tertiary/aromatic N) is 1. The topological polar surface area (TPSA) is 32.3 Å². The van der Waals surface area contributed by atoms with Crippen LogP contribution in [0.1, 0.15) is 16.1 Å². The maximum absolute atomic E-state index is 13.3. The zero-order chi connectivity index (χ0) is 18.1. The van der Waals surface area contributed by atoms with E-state index in [0.29, 0.717) is 17.3 Å². The van der Waals surface area contributed by atoms with Gasteiger partial charge in [0.25, 0.3) is 5.91 Å². The molecule has 0 bridgehead atoms. The fourth-order valence-electron chi connectivity index (χ4n) is 3.34. The van der Waals surface area contributed by atoms with Crippen LogP contribution in [0.3, 0.4) is 0 Å². The highest BCUT2D eigenvalue weighted by atomic mass is 32.1. The number of carbonyl (C=O) groups excluding carboxylic acids is 1. The fraction of sp³-hybridized carbons (Fsp3) is 0.250. The zero-order valence-electron chi connectivity index (χ0n) is 14.0. The quantitative estimate of drug-likeness (QED) is 0.735. The molecule has 1 atom stereocenters. The Bertz CT molecular complexity index is 939. The number of anilines is 1. The number of halogens is 2. The van der Waals surface area contributed by atoms with Crippen LogP contribution in [0.5, 0.6) is 0 Å². The molecule has 0 radical (unpaired) electrons. The first-order chi connectivity index (χ1) is 12.6. The average Bonchev–Trinajstić information content (AvgIpc) is 3.27.